The number of carbonyl (C=O) groups is 3. The van der Waals surface area contributed by atoms with Crippen LogP contribution in [0.25, 0.3) is 0 Å². The molecule has 0 radical (unpaired) electrons. The predicted octanol–water partition coefficient (Wildman–Crippen LogP) is 0.818. The SMILES string of the molecule is O=C1CCC(N2Cc3nc(C4(O)CCN(Cc5ccc(CO)cc5)CC4)ccc3C2=O)C(=O)N1. The van der Waals surface area contributed by atoms with Crippen molar-refractivity contribution >= 4 is 17.7 Å². The Morgan fingerprint density at radius 2 is 1.74 bits per heavy atom. The first kappa shape index (κ1) is 22.6. The van der Waals surface area contributed by atoms with E-state index in [0.717, 1.165) is 17.7 Å². The fourth-order valence-electron chi connectivity index (χ4n) is 5.04. The van der Waals surface area contributed by atoms with Gasteiger partial charge < -0.3 is 15.1 Å². The van der Waals surface area contributed by atoms with Crippen molar-refractivity contribution in [2.45, 2.75) is 57.0 Å². The highest BCUT2D eigenvalue weighted by Crippen LogP contribution is 2.34. The van der Waals surface area contributed by atoms with E-state index in [2.05, 4.69) is 15.2 Å². The summed E-state index contributed by atoms with van der Waals surface area (Å²) in [6.07, 6.45) is 1.56. The first-order valence-corrected chi connectivity index (χ1v) is 11.6. The lowest BCUT2D eigenvalue weighted by atomic mass is 9.87. The van der Waals surface area contributed by atoms with E-state index in [-0.39, 0.29) is 31.4 Å². The third-order valence-electron chi connectivity index (χ3n) is 7.14. The maximum Gasteiger partial charge on any atom is 0.256 e. The normalized spacial score (nSPS) is 22.6. The number of pyridine rings is 1. The van der Waals surface area contributed by atoms with E-state index >= 15 is 0 Å². The number of hydrogen-bond acceptors (Lipinski definition) is 7. The molecule has 9 heteroatoms. The van der Waals surface area contributed by atoms with E-state index in [1.807, 2.05) is 24.3 Å². The summed E-state index contributed by atoms with van der Waals surface area (Å²) in [4.78, 5) is 45.0. The lowest BCUT2D eigenvalue weighted by Gasteiger charge is -2.38. The number of amides is 3. The second kappa shape index (κ2) is 8.90. The number of carbonyl (C=O) groups excluding carboxylic acids is 3. The molecule has 34 heavy (non-hydrogen) atoms. The standard InChI is InChI=1S/C25H28N4O5/c30-15-17-3-1-16(2-4-17)13-28-11-9-25(34,10-12-28)21-7-5-18-19(26-21)14-29(24(18)33)20-6-8-22(31)27-23(20)32/h1-5,7,20,30,34H,6,8-15H2,(H,27,31,32). The van der Waals surface area contributed by atoms with Gasteiger partial charge in [0.1, 0.15) is 11.6 Å². The van der Waals surface area contributed by atoms with Crippen LogP contribution in [0, 0.1) is 0 Å². The number of aliphatic hydroxyl groups excluding tert-OH is 1. The van der Waals surface area contributed by atoms with Crippen LogP contribution in [-0.4, -0.2) is 61.8 Å². The number of piperidine rings is 2. The molecule has 5 rings (SSSR count). The smallest absolute Gasteiger partial charge is 0.256 e. The molecular weight excluding hydrogens is 436 g/mol. The van der Waals surface area contributed by atoms with Crippen molar-refractivity contribution < 1.29 is 24.6 Å². The van der Waals surface area contributed by atoms with Gasteiger partial charge in [-0.25, -0.2) is 0 Å². The van der Waals surface area contributed by atoms with E-state index in [9.17, 15) is 24.6 Å². The summed E-state index contributed by atoms with van der Waals surface area (Å²) in [5.74, 6) is -1.03. The molecule has 3 aliphatic heterocycles. The van der Waals surface area contributed by atoms with Gasteiger partial charge in [-0.05, 0) is 42.5 Å². The molecule has 1 aromatic heterocycles. The number of benzene rings is 1. The first-order chi connectivity index (χ1) is 16.4. The van der Waals surface area contributed by atoms with Gasteiger partial charge in [0.05, 0.1) is 30.1 Å². The van der Waals surface area contributed by atoms with Crippen LogP contribution in [0.4, 0.5) is 0 Å². The van der Waals surface area contributed by atoms with Gasteiger partial charge >= 0.3 is 0 Å². The fraction of sp³-hybridized carbons (Fsp3) is 0.440. The molecule has 3 N–H and O–H groups in total. The molecule has 2 saturated heterocycles. The molecule has 0 aliphatic carbocycles. The third-order valence-corrected chi connectivity index (χ3v) is 7.14. The van der Waals surface area contributed by atoms with Gasteiger partial charge in [0.2, 0.25) is 11.8 Å². The van der Waals surface area contributed by atoms with Crippen molar-refractivity contribution in [3.05, 3.63) is 64.5 Å². The average molecular weight is 465 g/mol. The maximum atomic E-state index is 12.9. The maximum absolute atomic E-state index is 12.9. The Morgan fingerprint density at radius 3 is 2.41 bits per heavy atom. The molecule has 2 fully saturated rings. The second-order valence-electron chi connectivity index (χ2n) is 9.37. The number of imide groups is 1. The molecule has 0 saturated carbocycles. The molecule has 1 aromatic carbocycles. The van der Waals surface area contributed by atoms with Gasteiger partial charge in [0.15, 0.2) is 0 Å². The number of hydrogen-bond donors (Lipinski definition) is 3. The van der Waals surface area contributed by atoms with Crippen LogP contribution in [0.3, 0.4) is 0 Å². The number of likely N-dealkylation sites (tertiary alicyclic amines) is 1. The number of fused-ring (bicyclic) bond motifs is 1. The topological polar surface area (TPSA) is 123 Å². The minimum Gasteiger partial charge on any atom is -0.392 e. The zero-order valence-corrected chi connectivity index (χ0v) is 18.9. The zero-order chi connectivity index (χ0) is 23.9. The molecule has 0 spiro atoms. The van der Waals surface area contributed by atoms with Crippen LogP contribution >= 0.6 is 0 Å². The Hall–Kier alpha value is -3.14. The summed E-state index contributed by atoms with van der Waals surface area (Å²) in [5.41, 5.74) is 2.53. The summed E-state index contributed by atoms with van der Waals surface area (Å²) >= 11 is 0. The molecule has 178 valence electrons. The van der Waals surface area contributed by atoms with Gasteiger partial charge in [-0.1, -0.05) is 24.3 Å². The molecule has 3 amide bonds. The Bertz CT molecular complexity index is 1120. The monoisotopic (exact) mass is 464 g/mol. The summed E-state index contributed by atoms with van der Waals surface area (Å²) in [6.45, 7) is 2.41. The number of rotatable bonds is 5. The van der Waals surface area contributed by atoms with Crippen LogP contribution in [0.5, 0.6) is 0 Å². The molecular formula is C25H28N4O5. The summed E-state index contributed by atoms with van der Waals surface area (Å²) in [7, 11) is 0. The van der Waals surface area contributed by atoms with Crippen molar-refractivity contribution in [3.8, 4) is 0 Å². The summed E-state index contributed by atoms with van der Waals surface area (Å²) in [5, 5.41) is 22.9. The van der Waals surface area contributed by atoms with Crippen LogP contribution in [0.1, 0.15) is 58.6 Å². The van der Waals surface area contributed by atoms with Gasteiger partial charge in [-0.3, -0.25) is 29.6 Å². The molecule has 1 atom stereocenters. The Kier molecular flexibility index (Phi) is 5.93. The highest BCUT2D eigenvalue weighted by Gasteiger charge is 2.41. The van der Waals surface area contributed by atoms with Gasteiger partial charge in [-0.15, -0.1) is 0 Å². The Morgan fingerprint density at radius 1 is 1.03 bits per heavy atom. The van der Waals surface area contributed by atoms with Crippen molar-refractivity contribution in [3.63, 3.8) is 0 Å². The van der Waals surface area contributed by atoms with E-state index < -0.39 is 17.6 Å². The van der Waals surface area contributed by atoms with Gasteiger partial charge in [0, 0.05) is 26.1 Å². The number of aromatic nitrogens is 1. The van der Waals surface area contributed by atoms with E-state index in [1.54, 1.807) is 12.1 Å². The Labute approximate surface area is 197 Å². The largest absolute Gasteiger partial charge is 0.392 e. The van der Waals surface area contributed by atoms with Crippen LogP contribution in [-0.2, 0) is 34.9 Å². The highest BCUT2D eigenvalue weighted by molar-refractivity contribution is 6.05. The molecule has 1 unspecified atom stereocenters. The Balaban J connectivity index is 1.25. The van der Waals surface area contributed by atoms with Crippen LogP contribution in [0.15, 0.2) is 36.4 Å². The molecule has 4 heterocycles. The zero-order valence-electron chi connectivity index (χ0n) is 18.9. The van der Waals surface area contributed by atoms with Gasteiger partial charge in [0.25, 0.3) is 5.91 Å². The number of nitrogens with zero attached hydrogens (tertiary/aromatic N) is 3. The quantitative estimate of drug-likeness (QED) is 0.560. The number of nitrogens with one attached hydrogen (secondary N) is 1. The van der Waals surface area contributed by atoms with Crippen LogP contribution < -0.4 is 5.32 Å². The third kappa shape index (κ3) is 4.22. The van der Waals surface area contributed by atoms with Crippen molar-refractivity contribution in [1.29, 1.82) is 0 Å². The minimum atomic E-state index is -1.07. The molecule has 0 bridgehead atoms. The molecule has 9 nitrogen and oxygen atoms in total. The lowest BCUT2D eigenvalue weighted by Crippen LogP contribution is -2.52. The summed E-state index contributed by atoms with van der Waals surface area (Å²) < 4.78 is 0. The molecule has 3 aliphatic rings. The first-order valence-electron chi connectivity index (χ1n) is 11.6. The van der Waals surface area contributed by atoms with Crippen molar-refractivity contribution in [1.82, 2.24) is 20.1 Å². The molecule has 2 aromatic rings. The highest BCUT2D eigenvalue weighted by atomic mass is 16.3. The van der Waals surface area contributed by atoms with E-state index in [4.69, 9.17) is 0 Å². The summed E-state index contributed by atoms with van der Waals surface area (Å²) in [6, 6.07) is 10.6. The van der Waals surface area contributed by atoms with Crippen LogP contribution in [0.2, 0.25) is 0 Å². The van der Waals surface area contributed by atoms with Crippen molar-refractivity contribution in [2.24, 2.45) is 0 Å². The number of aliphatic hydroxyl groups is 2. The van der Waals surface area contributed by atoms with E-state index in [1.165, 1.54) is 4.90 Å². The van der Waals surface area contributed by atoms with Crippen molar-refractivity contribution in [2.75, 3.05) is 13.1 Å². The fourth-order valence-corrected chi connectivity index (χ4v) is 5.04. The second-order valence-corrected chi connectivity index (χ2v) is 9.37. The lowest BCUT2D eigenvalue weighted by molar-refractivity contribution is -0.136. The average Bonchev–Trinajstić information content (AvgIpc) is 3.17. The van der Waals surface area contributed by atoms with E-state index in [0.29, 0.717) is 49.3 Å². The van der Waals surface area contributed by atoms with Gasteiger partial charge in [-0.2, -0.15) is 0 Å². The minimum absolute atomic E-state index is 0.0295. The predicted molar refractivity (Wildman–Crippen MR) is 121 cm³/mol.